The van der Waals surface area contributed by atoms with Crippen molar-refractivity contribution in [2.24, 2.45) is 0 Å². The van der Waals surface area contributed by atoms with Gasteiger partial charge in [-0.3, -0.25) is 10.1 Å². The molecular formula is C15H13FN6O2S3. The number of carbonyl (C=O) groups is 2. The van der Waals surface area contributed by atoms with E-state index in [-0.39, 0.29) is 22.6 Å². The van der Waals surface area contributed by atoms with Gasteiger partial charge in [0.1, 0.15) is 5.82 Å². The highest BCUT2D eigenvalue weighted by molar-refractivity contribution is 8.01. The van der Waals surface area contributed by atoms with Crippen LogP contribution in [-0.2, 0) is 4.79 Å². The van der Waals surface area contributed by atoms with Crippen LogP contribution in [0, 0.1) is 12.7 Å². The van der Waals surface area contributed by atoms with Crippen molar-refractivity contribution in [3.63, 3.8) is 0 Å². The summed E-state index contributed by atoms with van der Waals surface area (Å²) >= 11 is 3.71. The van der Waals surface area contributed by atoms with Crippen molar-refractivity contribution in [3.8, 4) is 0 Å². The zero-order valence-corrected chi connectivity index (χ0v) is 16.3. The number of anilines is 3. The smallest absolute Gasteiger partial charge is 0.308 e. The van der Waals surface area contributed by atoms with Gasteiger partial charge in [0.05, 0.1) is 11.4 Å². The maximum Gasteiger partial charge on any atom is 0.325 e. The molecule has 0 aliphatic carbocycles. The van der Waals surface area contributed by atoms with Crippen LogP contribution in [0.5, 0.6) is 0 Å². The van der Waals surface area contributed by atoms with Gasteiger partial charge in [-0.25, -0.2) is 14.2 Å². The third kappa shape index (κ3) is 5.98. The van der Waals surface area contributed by atoms with Crippen molar-refractivity contribution in [3.05, 3.63) is 41.2 Å². The summed E-state index contributed by atoms with van der Waals surface area (Å²) in [5.74, 6) is -0.441. The third-order valence-electron chi connectivity index (χ3n) is 2.92. The molecule has 27 heavy (non-hydrogen) atoms. The minimum atomic E-state index is -0.522. The second-order valence-electron chi connectivity index (χ2n) is 5.09. The molecule has 0 radical (unpaired) electrons. The molecule has 3 N–H and O–H groups in total. The summed E-state index contributed by atoms with van der Waals surface area (Å²) in [6, 6.07) is 4.85. The summed E-state index contributed by atoms with van der Waals surface area (Å²) in [7, 11) is 0. The Labute approximate surface area is 165 Å². The molecule has 3 amide bonds. The van der Waals surface area contributed by atoms with E-state index in [2.05, 4.69) is 31.1 Å². The summed E-state index contributed by atoms with van der Waals surface area (Å²) in [5.41, 5.74) is 1.30. The number of thioether (sulfide) groups is 1. The molecule has 0 atom stereocenters. The molecule has 12 heteroatoms. The maximum atomic E-state index is 12.8. The third-order valence-corrected chi connectivity index (χ3v) is 5.77. The SMILES string of the molecule is Cc1csc(NC(=O)CSc2nnc(NC(=O)Nc3ccc(F)cc3)s2)n1. The Bertz CT molecular complexity index is 943. The molecule has 3 aromatic rings. The number of benzene rings is 1. The minimum Gasteiger partial charge on any atom is -0.308 e. The Hall–Kier alpha value is -2.57. The highest BCUT2D eigenvalue weighted by Crippen LogP contribution is 2.26. The normalized spacial score (nSPS) is 10.4. The van der Waals surface area contributed by atoms with Gasteiger partial charge in [0.15, 0.2) is 9.47 Å². The largest absolute Gasteiger partial charge is 0.325 e. The lowest BCUT2D eigenvalue weighted by Crippen LogP contribution is -2.19. The van der Waals surface area contributed by atoms with Crippen molar-refractivity contribution >= 4 is 62.3 Å². The predicted molar refractivity (Wildman–Crippen MR) is 105 cm³/mol. The molecule has 0 aliphatic heterocycles. The number of hydrogen-bond acceptors (Lipinski definition) is 8. The van der Waals surface area contributed by atoms with Crippen molar-refractivity contribution in [1.82, 2.24) is 15.2 Å². The van der Waals surface area contributed by atoms with E-state index in [1.807, 2.05) is 12.3 Å². The molecule has 0 unspecified atom stereocenters. The minimum absolute atomic E-state index is 0.148. The molecule has 3 rings (SSSR count). The highest BCUT2D eigenvalue weighted by atomic mass is 32.2. The summed E-state index contributed by atoms with van der Waals surface area (Å²) in [6.07, 6.45) is 0. The molecule has 0 fully saturated rings. The topological polar surface area (TPSA) is 109 Å². The van der Waals surface area contributed by atoms with Gasteiger partial charge in [-0.1, -0.05) is 23.1 Å². The van der Waals surface area contributed by atoms with E-state index in [4.69, 9.17) is 0 Å². The van der Waals surface area contributed by atoms with Crippen LogP contribution in [0.2, 0.25) is 0 Å². The molecule has 0 aliphatic rings. The molecule has 8 nitrogen and oxygen atoms in total. The summed E-state index contributed by atoms with van der Waals surface area (Å²) in [4.78, 5) is 27.9. The number of halogens is 1. The van der Waals surface area contributed by atoms with Crippen LogP contribution in [0.1, 0.15) is 5.69 Å². The highest BCUT2D eigenvalue weighted by Gasteiger charge is 2.11. The molecule has 0 spiro atoms. The molecular weight excluding hydrogens is 411 g/mol. The fourth-order valence-corrected chi connectivity index (χ4v) is 4.06. The van der Waals surface area contributed by atoms with Gasteiger partial charge in [-0.05, 0) is 31.2 Å². The molecule has 140 valence electrons. The number of aromatic nitrogens is 3. The molecule has 0 bridgehead atoms. The monoisotopic (exact) mass is 424 g/mol. The standard InChI is InChI=1S/C15H13FN6O2S3/c1-8-6-25-13(17-8)19-11(23)7-26-15-22-21-14(27-15)20-12(24)18-10-4-2-9(16)3-5-10/h2-6H,7H2,1H3,(H,17,19,23)(H2,18,20,21,24). The van der Waals surface area contributed by atoms with Crippen LogP contribution in [-0.4, -0.2) is 32.9 Å². The van der Waals surface area contributed by atoms with E-state index in [1.165, 1.54) is 47.4 Å². The Morgan fingerprint density at radius 2 is 1.89 bits per heavy atom. The quantitative estimate of drug-likeness (QED) is 0.410. The molecule has 2 aromatic heterocycles. The van der Waals surface area contributed by atoms with E-state index >= 15 is 0 Å². The number of hydrogen-bond donors (Lipinski definition) is 3. The van der Waals surface area contributed by atoms with Gasteiger partial charge < -0.3 is 10.6 Å². The van der Waals surface area contributed by atoms with Gasteiger partial charge >= 0.3 is 6.03 Å². The average Bonchev–Trinajstić information content (AvgIpc) is 3.24. The lowest BCUT2D eigenvalue weighted by molar-refractivity contribution is -0.113. The lowest BCUT2D eigenvalue weighted by atomic mass is 10.3. The predicted octanol–water partition coefficient (Wildman–Crippen LogP) is 3.82. The Morgan fingerprint density at radius 1 is 1.11 bits per heavy atom. The van der Waals surface area contributed by atoms with Crippen LogP contribution in [0.4, 0.5) is 25.1 Å². The first-order chi connectivity index (χ1) is 13.0. The number of aryl methyl sites for hydroxylation is 1. The number of urea groups is 1. The molecule has 1 aromatic carbocycles. The van der Waals surface area contributed by atoms with Crippen molar-refractivity contribution in [2.45, 2.75) is 11.3 Å². The second kappa shape index (κ2) is 8.88. The number of nitrogens with zero attached hydrogens (tertiary/aromatic N) is 3. The van der Waals surface area contributed by atoms with E-state index in [1.54, 1.807) is 0 Å². The van der Waals surface area contributed by atoms with Gasteiger partial charge in [-0.15, -0.1) is 21.5 Å². The fraction of sp³-hybridized carbons (Fsp3) is 0.133. The van der Waals surface area contributed by atoms with Gasteiger partial charge in [0, 0.05) is 11.1 Å². The zero-order valence-electron chi connectivity index (χ0n) is 13.9. The van der Waals surface area contributed by atoms with Crippen LogP contribution in [0.15, 0.2) is 34.0 Å². The second-order valence-corrected chi connectivity index (χ2v) is 8.15. The lowest BCUT2D eigenvalue weighted by Gasteiger charge is -2.04. The van der Waals surface area contributed by atoms with Crippen LogP contribution < -0.4 is 16.0 Å². The first-order valence-electron chi connectivity index (χ1n) is 7.50. The Morgan fingerprint density at radius 3 is 2.59 bits per heavy atom. The molecule has 0 saturated heterocycles. The van der Waals surface area contributed by atoms with E-state index in [0.29, 0.717) is 15.2 Å². The van der Waals surface area contributed by atoms with Gasteiger partial charge in [0.2, 0.25) is 11.0 Å². The summed E-state index contributed by atoms with van der Waals surface area (Å²) < 4.78 is 13.4. The average molecular weight is 425 g/mol. The van der Waals surface area contributed by atoms with Crippen molar-refractivity contribution in [2.75, 3.05) is 21.7 Å². The zero-order chi connectivity index (χ0) is 19.2. The van der Waals surface area contributed by atoms with Crippen molar-refractivity contribution < 1.29 is 14.0 Å². The fourth-order valence-electron chi connectivity index (χ4n) is 1.81. The van der Waals surface area contributed by atoms with Crippen LogP contribution in [0.25, 0.3) is 0 Å². The molecule has 0 saturated carbocycles. The first-order valence-corrected chi connectivity index (χ1v) is 10.2. The van der Waals surface area contributed by atoms with Gasteiger partial charge in [-0.2, -0.15) is 0 Å². The van der Waals surface area contributed by atoms with E-state index in [0.717, 1.165) is 17.0 Å². The number of amides is 3. The summed E-state index contributed by atoms with van der Waals surface area (Å²) in [6.45, 7) is 1.85. The first kappa shape index (κ1) is 19.2. The summed E-state index contributed by atoms with van der Waals surface area (Å²) in [5, 5.41) is 18.2. The number of carbonyl (C=O) groups excluding carboxylic acids is 2. The Kier molecular flexibility index (Phi) is 6.32. The van der Waals surface area contributed by atoms with Crippen molar-refractivity contribution in [1.29, 1.82) is 0 Å². The number of thiazole rings is 1. The van der Waals surface area contributed by atoms with Crippen LogP contribution in [0.3, 0.4) is 0 Å². The maximum absolute atomic E-state index is 12.8. The van der Waals surface area contributed by atoms with E-state index in [9.17, 15) is 14.0 Å². The van der Waals surface area contributed by atoms with E-state index < -0.39 is 6.03 Å². The van der Waals surface area contributed by atoms with Crippen LogP contribution >= 0.6 is 34.4 Å². The Balaban J connectivity index is 1.45. The number of rotatable bonds is 6. The van der Waals surface area contributed by atoms with Gasteiger partial charge in [0.25, 0.3) is 0 Å². The molecule has 2 heterocycles. The number of nitrogens with one attached hydrogen (secondary N) is 3.